The van der Waals surface area contributed by atoms with Crippen LogP contribution in [0.3, 0.4) is 0 Å². The lowest BCUT2D eigenvalue weighted by Gasteiger charge is -2.48. The number of amides is 4. The molecule has 0 aromatic carbocycles. The van der Waals surface area contributed by atoms with Crippen LogP contribution in [0.2, 0.25) is 0 Å². The zero-order chi connectivity index (χ0) is 20.3. The molecule has 0 bridgehead atoms. The van der Waals surface area contributed by atoms with E-state index in [9.17, 15) is 19.2 Å². The van der Waals surface area contributed by atoms with Crippen molar-refractivity contribution in [1.29, 1.82) is 0 Å². The summed E-state index contributed by atoms with van der Waals surface area (Å²) in [6, 6.07) is 0. The second-order valence-corrected chi connectivity index (χ2v) is 9.66. The Bertz CT molecular complexity index is 621. The van der Waals surface area contributed by atoms with Gasteiger partial charge in [0.15, 0.2) is 0 Å². The van der Waals surface area contributed by atoms with Crippen molar-refractivity contribution in [1.82, 2.24) is 20.4 Å². The molecule has 2 saturated heterocycles. The van der Waals surface area contributed by atoms with Crippen LogP contribution in [0, 0.1) is 0 Å². The first kappa shape index (κ1) is 20.5. The van der Waals surface area contributed by atoms with Gasteiger partial charge in [-0.05, 0) is 55.4 Å². The summed E-state index contributed by atoms with van der Waals surface area (Å²) in [5.74, 6) is -2.87. The maximum Gasteiger partial charge on any atom is 0.319 e. The van der Waals surface area contributed by atoms with Crippen LogP contribution in [0.1, 0.15) is 55.4 Å². The highest BCUT2D eigenvalue weighted by Gasteiger charge is 2.51. The maximum atomic E-state index is 12.9. The van der Waals surface area contributed by atoms with Crippen molar-refractivity contribution in [2.45, 2.75) is 77.5 Å². The van der Waals surface area contributed by atoms with Gasteiger partial charge < -0.3 is 0 Å². The summed E-state index contributed by atoms with van der Waals surface area (Å²) in [6.07, 6.45) is 0. The quantitative estimate of drug-likeness (QED) is 0.587. The molecule has 4 amide bonds. The number of carbonyl (C=O) groups excluding carboxylic acids is 4. The molecule has 26 heavy (non-hydrogen) atoms. The molecule has 0 saturated carbocycles. The molecule has 0 radical (unpaired) electrons. The molecular weight excluding hydrogens is 336 g/mol. The largest absolute Gasteiger partial charge is 0.319 e. The van der Waals surface area contributed by atoms with E-state index in [2.05, 4.69) is 10.6 Å². The van der Waals surface area contributed by atoms with Crippen molar-refractivity contribution in [2.24, 2.45) is 0 Å². The van der Waals surface area contributed by atoms with Crippen LogP contribution in [0.4, 0.5) is 0 Å². The molecular formula is C18H30N4O4. The fraction of sp³-hybridized carbons (Fsp3) is 0.778. The molecule has 146 valence electrons. The Morgan fingerprint density at radius 2 is 0.962 bits per heavy atom. The van der Waals surface area contributed by atoms with Crippen LogP contribution in [0.25, 0.3) is 0 Å². The fourth-order valence-electron chi connectivity index (χ4n) is 4.05. The Balaban J connectivity index is 2.32. The van der Waals surface area contributed by atoms with Crippen LogP contribution >= 0.6 is 0 Å². The number of rotatable bonds is 0. The zero-order valence-electron chi connectivity index (χ0n) is 16.9. The molecule has 2 rings (SSSR count). The summed E-state index contributed by atoms with van der Waals surface area (Å²) in [5, 5.41) is 6.35. The van der Waals surface area contributed by atoms with Crippen molar-refractivity contribution in [3.8, 4) is 0 Å². The lowest BCUT2D eigenvalue weighted by Crippen LogP contribution is -2.74. The Morgan fingerprint density at radius 3 is 1.23 bits per heavy atom. The van der Waals surface area contributed by atoms with E-state index in [1.807, 2.05) is 27.7 Å². The highest BCUT2D eigenvalue weighted by molar-refractivity contribution is 6.40. The van der Waals surface area contributed by atoms with Gasteiger partial charge in [-0.25, -0.2) is 0 Å². The summed E-state index contributed by atoms with van der Waals surface area (Å²) in [7, 11) is 0. The molecule has 0 aromatic heterocycles. The zero-order valence-corrected chi connectivity index (χ0v) is 16.9. The molecule has 0 aromatic rings. The van der Waals surface area contributed by atoms with Crippen LogP contribution in [0.5, 0.6) is 0 Å². The van der Waals surface area contributed by atoms with Gasteiger partial charge in [0.1, 0.15) is 0 Å². The predicted octanol–water partition coefficient (Wildman–Crippen LogP) is 0.0176. The van der Waals surface area contributed by atoms with Crippen LogP contribution in [-0.2, 0) is 19.2 Å². The second-order valence-electron chi connectivity index (χ2n) is 9.66. The first-order valence-corrected chi connectivity index (χ1v) is 8.80. The van der Waals surface area contributed by atoms with Gasteiger partial charge in [0, 0.05) is 24.2 Å². The number of carbonyl (C=O) groups is 4. The third kappa shape index (κ3) is 3.66. The Hall–Kier alpha value is -1.80. The highest BCUT2D eigenvalue weighted by atomic mass is 16.2. The van der Waals surface area contributed by atoms with E-state index in [-0.39, 0.29) is 13.1 Å². The summed E-state index contributed by atoms with van der Waals surface area (Å²) in [5.41, 5.74) is -3.05. The maximum absolute atomic E-state index is 12.9. The number of hydrogen-bond acceptors (Lipinski definition) is 6. The van der Waals surface area contributed by atoms with E-state index >= 15 is 0 Å². The molecule has 2 aliphatic heterocycles. The van der Waals surface area contributed by atoms with Gasteiger partial charge in [-0.2, -0.15) is 0 Å². The minimum absolute atomic E-state index is 0.0624. The highest BCUT2D eigenvalue weighted by Crippen LogP contribution is 2.25. The average Bonchev–Trinajstić information content (AvgIpc) is 2.43. The van der Waals surface area contributed by atoms with Crippen LogP contribution in [0.15, 0.2) is 0 Å². The Morgan fingerprint density at radius 1 is 0.692 bits per heavy atom. The minimum Gasteiger partial charge on any atom is -0.297 e. The van der Waals surface area contributed by atoms with E-state index in [1.165, 1.54) is 0 Å². The molecule has 2 aliphatic rings. The number of nitrogens with one attached hydrogen (secondary N) is 2. The van der Waals surface area contributed by atoms with Crippen molar-refractivity contribution < 1.29 is 19.2 Å². The van der Waals surface area contributed by atoms with Crippen LogP contribution in [-0.4, -0.2) is 68.7 Å². The van der Waals surface area contributed by atoms with E-state index < -0.39 is 45.8 Å². The third-order valence-electron chi connectivity index (χ3n) is 4.64. The van der Waals surface area contributed by atoms with Gasteiger partial charge in [0.05, 0.1) is 11.1 Å². The number of hydrogen-bond donors (Lipinski definition) is 2. The van der Waals surface area contributed by atoms with Crippen molar-refractivity contribution in [3.05, 3.63) is 0 Å². The normalized spacial score (nSPS) is 26.6. The van der Waals surface area contributed by atoms with E-state index in [1.54, 1.807) is 27.7 Å². The van der Waals surface area contributed by atoms with E-state index in [0.717, 1.165) is 9.80 Å². The number of piperazine rings is 2. The van der Waals surface area contributed by atoms with Gasteiger partial charge in [-0.3, -0.25) is 39.6 Å². The topological polar surface area (TPSA) is 98.8 Å². The Labute approximate surface area is 154 Å². The molecule has 2 fully saturated rings. The minimum atomic E-state index is -0.982. The molecule has 0 atom stereocenters. The van der Waals surface area contributed by atoms with E-state index in [4.69, 9.17) is 0 Å². The molecule has 0 spiro atoms. The lowest BCUT2D eigenvalue weighted by atomic mass is 9.89. The van der Waals surface area contributed by atoms with Crippen LogP contribution < -0.4 is 10.6 Å². The molecule has 0 aliphatic carbocycles. The van der Waals surface area contributed by atoms with Crippen molar-refractivity contribution in [2.75, 3.05) is 13.1 Å². The smallest absolute Gasteiger partial charge is 0.297 e. The predicted molar refractivity (Wildman–Crippen MR) is 96.0 cm³/mol. The lowest BCUT2D eigenvalue weighted by molar-refractivity contribution is -0.168. The molecule has 8 nitrogen and oxygen atoms in total. The fourth-order valence-corrected chi connectivity index (χ4v) is 4.05. The summed E-state index contributed by atoms with van der Waals surface area (Å²) >= 11 is 0. The molecule has 2 N–H and O–H groups in total. The van der Waals surface area contributed by atoms with Gasteiger partial charge >= 0.3 is 11.8 Å². The molecule has 0 unspecified atom stereocenters. The summed E-state index contributed by atoms with van der Waals surface area (Å²) < 4.78 is 0. The first-order chi connectivity index (χ1) is 11.5. The van der Waals surface area contributed by atoms with Gasteiger partial charge in [-0.15, -0.1) is 0 Å². The van der Waals surface area contributed by atoms with Crippen molar-refractivity contribution in [3.63, 3.8) is 0 Å². The second kappa shape index (κ2) is 5.85. The molecule has 8 heteroatoms. The number of nitrogens with zero attached hydrogens (tertiary/aromatic N) is 2. The standard InChI is InChI=1S/C18H30N4O4/c1-15(2)9-21(13(25)17(5,6)19-15)11(23)12(24)22-10-16(3,4)20-18(7,8)14(22)26/h19-20H,9-10H2,1-8H3. The summed E-state index contributed by atoms with van der Waals surface area (Å²) in [4.78, 5) is 53.0. The SMILES string of the molecule is CC1(C)CN(C(=O)C(=O)N2CC(C)(C)NC(C)(C)C2=O)C(=O)C(C)(C)N1. The third-order valence-corrected chi connectivity index (χ3v) is 4.64. The van der Waals surface area contributed by atoms with Gasteiger partial charge in [0.2, 0.25) is 11.8 Å². The van der Waals surface area contributed by atoms with Crippen molar-refractivity contribution >= 4 is 23.6 Å². The molecule has 2 heterocycles. The number of imide groups is 2. The Kier molecular flexibility index (Phi) is 4.62. The average molecular weight is 366 g/mol. The van der Waals surface area contributed by atoms with Gasteiger partial charge in [-0.1, -0.05) is 0 Å². The summed E-state index contributed by atoms with van der Waals surface area (Å²) in [6.45, 7) is 14.2. The monoisotopic (exact) mass is 366 g/mol. The van der Waals surface area contributed by atoms with E-state index in [0.29, 0.717) is 0 Å². The van der Waals surface area contributed by atoms with Gasteiger partial charge in [0.25, 0.3) is 0 Å². The first-order valence-electron chi connectivity index (χ1n) is 8.80.